The summed E-state index contributed by atoms with van der Waals surface area (Å²) in [6.45, 7) is 6.68. The Balaban J connectivity index is 1.80. The first kappa shape index (κ1) is 15.6. The van der Waals surface area contributed by atoms with Crippen LogP contribution in [0.3, 0.4) is 0 Å². The highest BCUT2D eigenvalue weighted by atomic mass is 15.1. The van der Waals surface area contributed by atoms with Crippen molar-refractivity contribution in [1.29, 1.82) is 0 Å². The lowest BCUT2D eigenvalue weighted by Crippen LogP contribution is -2.31. The van der Waals surface area contributed by atoms with Crippen molar-refractivity contribution in [2.24, 2.45) is 0 Å². The monoisotopic (exact) mass is 277 g/mol. The fraction of sp³-hybridized carbons (Fsp3) is 0.824. The van der Waals surface area contributed by atoms with Gasteiger partial charge in [-0.3, -0.25) is 0 Å². The molecule has 1 aliphatic rings. The highest BCUT2D eigenvalue weighted by molar-refractivity contribution is 5.05. The van der Waals surface area contributed by atoms with Crippen molar-refractivity contribution in [3.05, 3.63) is 18.2 Å². The van der Waals surface area contributed by atoms with Gasteiger partial charge in [-0.15, -0.1) is 0 Å². The van der Waals surface area contributed by atoms with Gasteiger partial charge in [-0.25, -0.2) is 4.98 Å². The van der Waals surface area contributed by atoms with Crippen molar-refractivity contribution in [3.63, 3.8) is 0 Å². The predicted octanol–water partition coefficient (Wildman–Crippen LogP) is 4.10. The van der Waals surface area contributed by atoms with Gasteiger partial charge in [-0.2, -0.15) is 0 Å². The maximum atomic E-state index is 4.35. The number of hydrogen-bond acceptors (Lipinski definition) is 2. The Morgan fingerprint density at radius 2 is 1.90 bits per heavy atom. The van der Waals surface area contributed by atoms with Crippen LogP contribution in [0.25, 0.3) is 0 Å². The topological polar surface area (TPSA) is 29.9 Å². The predicted molar refractivity (Wildman–Crippen MR) is 85.0 cm³/mol. The van der Waals surface area contributed by atoms with Crippen molar-refractivity contribution in [2.75, 3.05) is 6.54 Å². The molecule has 2 rings (SSSR count). The third-order valence-electron chi connectivity index (χ3n) is 4.79. The average Bonchev–Trinajstić information content (AvgIpc) is 2.76. The normalized spacial score (nSPS) is 17.6. The summed E-state index contributed by atoms with van der Waals surface area (Å²) >= 11 is 0. The van der Waals surface area contributed by atoms with E-state index >= 15 is 0 Å². The summed E-state index contributed by atoms with van der Waals surface area (Å²) in [6.07, 6.45) is 14.9. The number of nitrogens with zero attached hydrogens (tertiary/aromatic N) is 2. The van der Waals surface area contributed by atoms with E-state index in [1.807, 2.05) is 6.33 Å². The highest BCUT2D eigenvalue weighted by Crippen LogP contribution is 2.22. The Bertz CT molecular complexity index is 360. The molecular formula is C17H31N3. The Hall–Kier alpha value is -0.830. The molecule has 3 heteroatoms. The van der Waals surface area contributed by atoms with Crippen LogP contribution >= 0.6 is 0 Å². The minimum absolute atomic E-state index is 0.662. The molecule has 1 N–H and O–H groups in total. The molecule has 1 aromatic heterocycles. The van der Waals surface area contributed by atoms with Gasteiger partial charge in [0.25, 0.3) is 0 Å². The molecule has 0 saturated heterocycles. The van der Waals surface area contributed by atoms with Gasteiger partial charge in [0.2, 0.25) is 0 Å². The van der Waals surface area contributed by atoms with Crippen LogP contribution in [0, 0.1) is 0 Å². The van der Waals surface area contributed by atoms with Crippen molar-refractivity contribution in [1.82, 2.24) is 14.9 Å². The second-order valence-electron chi connectivity index (χ2n) is 6.17. The summed E-state index contributed by atoms with van der Waals surface area (Å²) in [6, 6.07) is 0.748. The van der Waals surface area contributed by atoms with Crippen LogP contribution in [0.1, 0.15) is 76.8 Å². The van der Waals surface area contributed by atoms with Crippen molar-refractivity contribution < 1.29 is 0 Å². The fourth-order valence-corrected chi connectivity index (χ4v) is 3.44. The molecule has 3 nitrogen and oxygen atoms in total. The first-order valence-corrected chi connectivity index (χ1v) is 8.58. The summed E-state index contributed by atoms with van der Waals surface area (Å²) in [5, 5.41) is 3.75. The Morgan fingerprint density at radius 1 is 1.20 bits per heavy atom. The van der Waals surface area contributed by atoms with Crippen LogP contribution in [0.4, 0.5) is 0 Å². The van der Waals surface area contributed by atoms with Crippen LogP contribution in [0.5, 0.6) is 0 Å². The van der Waals surface area contributed by atoms with E-state index in [4.69, 9.17) is 0 Å². The van der Waals surface area contributed by atoms with E-state index in [0.717, 1.165) is 19.1 Å². The molecule has 0 bridgehead atoms. The van der Waals surface area contributed by atoms with Crippen LogP contribution in [0.15, 0.2) is 12.5 Å². The molecule has 0 atom stereocenters. The van der Waals surface area contributed by atoms with E-state index in [1.165, 1.54) is 57.1 Å². The van der Waals surface area contributed by atoms with E-state index in [1.54, 1.807) is 0 Å². The smallest absolute Gasteiger partial charge is 0.0948 e. The molecule has 0 aliphatic heterocycles. The molecule has 114 valence electrons. The number of hydrogen-bond donors (Lipinski definition) is 1. The molecule has 1 saturated carbocycles. The molecule has 0 amide bonds. The van der Waals surface area contributed by atoms with Gasteiger partial charge in [0.05, 0.1) is 6.33 Å². The molecule has 0 aromatic carbocycles. The zero-order valence-corrected chi connectivity index (χ0v) is 13.3. The highest BCUT2D eigenvalue weighted by Gasteiger charge is 2.13. The Morgan fingerprint density at radius 3 is 2.55 bits per heavy atom. The molecule has 1 aliphatic carbocycles. The van der Waals surface area contributed by atoms with Gasteiger partial charge in [-0.1, -0.05) is 39.5 Å². The standard InChI is InChI=1S/C17H31N3/c1-3-15(4-2)17-13-18-14-20(17)12-11-19-16-9-7-5-6-8-10-16/h13-16,19H,3-12H2,1-2H3. The lowest BCUT2D eigenvalue weighted by atomic mass is 10.00. The van der Waals surface area contributed by atoms with Gasteiger partial charge < -0.3 is 9.88 Å². The number of nitrogens with one attached hydrogen (secondary N) is 1. The van der Waals surface area contributed by atoms with E-state index in [9.17, 15) is 0 Å². The second-order valence-corrected chi connectivity index (χ2v) is 6.17. The van der Waals surface area contributed by atoms with Crippen LogP contribution in [0.2, 0.25) is 0 Å². The third-order valence-corrected chi connectivity index (χ3v) is 4.79. The van der Waals surface area contributed by atoms with Crippen molar-refractivity contribution >= 4 is 0 Å². The minimum atomic E-state index is 0.662. The van der Waals surface area contributed by atoms with Crippen LogP contribution in [-0.2, 0) is 6.54 Å². The SMILES string of the molecule is CCC(CC)c1cncn1CCNC1CCCCCC1. The van der Waals surface area contributed by atoms with E-state index in [2.05, 4.69) is 34.9 Å². The molecule has 0 spiro atoms. The first-order valence-electron chi connectivity index (χ1n) is 8.58. The summed E-state index contributed by atoms with van der Waals surface area (Å²) in [5.41, 5.74) is 1.41. The zero-order chi connectivity index (χ0) is 14.2. The summed E-state index contributed by atoms with van der Waals surface area (Å²) < 4.78 is 2.35. The van der Waals surface area contributed by atoms with Gasteiger partial charge in [0.1, 0.15) is 0 Å². The van der Waals surface area contributed by atoms with Gasteiger partial charge in [0.15, 0.2) is 0 Å². The van der Waals surface area contributed by atoms with Gasteiger partial charge >= 0.3 is 0 Å². The van der Waals surface area contributed by atoms with Crippen molar-refractivity contribution in [2.45, 2.75) is 83.7 Å². The van der Waals surface area contributed by atoms with Gasteiger partial charge in [-0.05, 0) is 25.7 Å². The molecule has 0 unspecified atom stereocenters. The number of imidazole rings is 1. The lowest BCUT2D eigenvalue weighted by molar-refractivity contribution is 0.439. The quantitative estimate of drug-likeness (QED) is 0.760. The first-order chi connectivity index (χ1) is 9.85. The van der Waals surface area contributed by atoms with E-state index in [-0.39, 0.29) is 0 Å². The summed E-state index contributed by atoms with van der Waals surface area (Å²) in [7, 11) is 0. The van der Waals surface area contributed by atoms with E-state index < -0.39 is 0 Å². The molecule has 0 radical (unpaired) electrons. The number of rotatable bonds is 7. The molecular weight excluding hydrogens is 246 g/mol. The Labute approximate surface area is 124 Å². The molecule has 1 aromatic rings. The fourth-order valence-electron chi connectivity index (χ4n) is 3.44. The van der Waals surface area contributed by atoms with E-state index in [0.29, 0.717) is 5.92 Å². The lowest BCUT2D eigenvalue weighted by Gasteiger charge is -2.19. The van der Waals surface area contributed by atoms with Crippen molar-refractivity contribution in [3.8, 4) is 0 Å². The minimum Gasteiger partial charge on any atom is -0.333 e. The Kier molecular flexibility index (Phi) is 6.58. The maximum Gasteiger partial charge on any atom is 0.0948 e. The summed E-state index contributed by atoms with van der Waals surface area (Å²) in [4.78, 5) is 4.35. The molecule has 1 fully saturated rings. The zero-order valence-electron chi connectivity index (χ0n) is 13.3. The largest absolute Gasteiger partial charge is 0.333 e. The summed E-state index contributed by atoms with van der Waals surface area (Å²) in [5.74, 6) is 0.662. The maximum absolute atomic E-state index is 4.35. The average molecular weight is 277 g/mol. The van der Waals surface area contributed by atoms with Crippen LogP contribution < -0.4 is 5.32 Å². The molecule has 1 heterocycles. The number of aromatic nitrogens is 2. The second kappa shape index (κ2) is 8.46. The third kappa shape index (κ3) is 4.34. The van der Waals surface area contributed by atoms with Gasteiger partial charge in [0, 0.05) is 36.9 Å². The molecule has 20 heavy (non-hydrogen) atoms. The van der Waals surface area contributed by atoms with Crippen LogP contribution in [-0.4, -0.2) is 22.1 Å².